The minimum Gasteiger partial charge on any atom is -0.454 e. The zero-order valence-corrected chi connectivity index (χ0v) is 18.2. The Bertz CT molecular complexity index is 677. The van der Waals surface area contributed by atoms with Gasteiger partial charge in [-0.15, -0.1) is 0 Å². The van der Waals surface area contributed by atoms with E-state index < -0.39 is 0 Å². The van der Waals surface area contributed by atoms with Crippen molar-refractivity contribution in [1.29, 1.82) is 0 Å². The molecule has 2 aliphatic heterocycles. The molecule has 0 radical (unpaired) electrons. The van der Waals surface area contributed by atoms with E-state index in [-0.39, 0.29) is 12.2 Å². The number of rotatable bonds is 11. The molecule has 0 bridgehead atoms. The molecule has 8 heteroatoms. The van der Waals surface area contributed by atoms with Crippen LogP contribution in [0.2, 0.25) is 0 Å². The summed E-state index contributed by atoms with van der Waals surface area (Å²) in [4.78, 5) is 4.93. The van der Waals surface area contributed by atoms with E-state index in [4.69, 9.17) is 28.7 Å². The molecule has 8 nitrogen and oxygen atoms in total. The molecule has 2 N–H and O–H groups in total. The Morgan fingerprint density at radius 1 is 1.10 bits per heavy atom. The molecule has 168 valence electrons. The highest BCUT2D eigenvalue weighted by Crippen LogP contribution is 2.41. The van der Waals surface area contributed by atoms with E-state index in [0.29, 0.717) is 26.4 Å². The van der Waals surface area contributed by atoms with Crippen LogP contribution in [-0.4, -0.2) is 72.5 Å². The van der Waals surface area contributed by atoms with Gasteiger partial charge >= 0.3 is 0 Å². The standard InChI is InChI=1S/C22H35N3O5/c1-3-23-21(24-9-4-10-27-14-13-26-2)25-16-22(7-11-28-12-8-22)18-5-6-19-20(15-18)30-17-29-19/h5-6,15H,3-4,7-14,16-17H2,1-2H3,(H2,23,24,25). The van der Waals surface area contributed by atoms with E-state index in [1.165, 1.54) is 5.56 Å². The normalized spacial score (nSPS) is 17.7. The van der Waals surface area contributed by atoms with Crippen molar-refractivity contribution in [2.24, 2.45) is 4.99 Å². The van der Waals surface area contributed by atoms with Crippen LogP contribution >= 0.6 is 0 Å². The molecule has 0 unspecified atom stereocenters. The number of aliphatic imine (C=N–C) groups is 1. The Balaban J connectivity index is 1.61. The van der Waals surface area contributed by atoms with Gasteiger partial charge in [-0.05, 0) is 43.9 Å². The monoisotopic (exact) mass is 421 g/mol. The van der Waals surface area contributed by atoms with Gasteiger partial charge in [0.25, 0.3) is 0 Å². The molecule has 0 spiro atoms. The molecule has 3 rings (SSSR count). The van der Waals surface area contributed by atoms with Crippen LogP contribution in [-0.2, 0) is 19.6 Å². The van der Waals surface area contributed by atoms with Crippen molar-refractivity contribution >= 4 is 5.96 Å². The molecular formula is C22H35N3O5. The van der Waals surface area contributed by atoms with Gasteiger partial charge in [-0.3, -0.25) is 4.99 Å². The summed E-state index contributed by atoms with van der Waals surface area (Å²) in [5.41, 5.74) is 1.17. The summed E-state index contributed by atoms with van der Waals surface area (Å²) in [5, 5.41) is 6.76. The van der Waals surface area contributed by atoms with E-state index >= 15 is 0 Å². The number of methoxy groups -OCH3 is 1. The smallest absolute Gasteiger partial charge is 0.231 e. The fraction of sp³-hybridized carbons (Fsp3) is 0.682. The number of guanidine groups is 1. The zero-order chi connectivity index (χ0) is 21.1. The number of hydrogen-bond donors (Lipinski definition) is 2. The Kier molecular flexibility index (Phi) is 9.04. The Morgan fingerprint density at radius 2 is 1.93 bits per heavy atom. The molecule has 1 aromatic rings. The molecule has 0 amide bonds. The minimum atomic E-state index is -0.0646. The third-order valence-electron chi connectivity index (χ3n) is 5.51. The maximum absolute atomic E-state index is 5.65. The minimum absolute atomic E-state index is 0.0646. The topological polar surface area (TPSA) is 82.6 Å². The van der Waals surface area contributed by atoms with Crippen LogP contribution in [0.15, 0.2) is 23.2 Å². The average molecular weight is 422 g/mol. The molecular weight excluding hydrogens is 386 g/mol. The SMILES string of the molecule is CCNC(=NCC1(c2ccc3c(c2)OCO3)CCOCC1)NCCCOCCOC. The molecule has 1 fully saturated rings. The summed E-state index contributed by atoms with van der Waals surface area (Å²) in [5.74, 6) is 2.47. The van der Waals surface area contributed by atoms with Gasteiger partial charge in [0.2, 0.25) is 6.79 Å². The van der Waals surface area contributed by atoms with Gasteiger partial charge in [0.15, 0.2) is 17.5 Å². The van der Waals surface area contributed by atoms with Gasteiger partial charge in [-0.1, -0.05) is 6.07 Å². The molecule has 30 heavy (non-hydrogen) atoms. The van der Waals surface area contributed by atoms with E-state index in [1.807, 2.05) is 6.07 Å². The molecule has 1 aromatic carbocycles. The summed E-state index contributed by atoms with van der Waals surface area (Å²) >= 11 is 0. The van der Waals surface area contributed by atoms with Crippen molar-refractivity contribution < 1.29 is 23.7 Å². The fourth-order valence-electron chi connectivity index (χ4n) is 3.72. The van der Waals surface area contributed by atoms with Crippen molar-refractivity contribution in [1.82, 2.24) is 10.6 Å². The first-order valence-electron chi connectivity index (χ1n) is 10.8. The second-order valence-corrected chi connectivity index (χ2v) is 7.54. The summed E-state index contributed by atoms with van der Waals surface area (Å²) in [6.45, 7) is 8.12. The molecule has 1 saturated heterocycles. The van der Waals surface area contributed by atoms with E-state index in [0.717, 1.165) is 63.0 Å². The van der Waals surface area contributed by atoms with Gasteiger partial charge in [-0.25, -0.2) is 0 Å². The first-order valence-corrected chi connectivity index (χ1v) is 10.8. The molecule has 2 heterocycles. The van der Waals surface area contributed by atoms with Gasteiger partial charge in [0.1, 0.15) is 0 Å². The average Bonchev–Trinajstić information content (AvgIpc) is 3.25. The second-order valence-electron chi connectivity index (χ2n) is 7.54. The summed E-state index contributed by atoms with van der Waals surface area (Å²) in [6, 6.07) is 6.26. The van der Waals surface area contributed by atoms with Crippen molar-refractivity contribution in [3.05, 3.63) is 23.8 Å². The molecule has 0 aliphatic carbocycles. The highest BCUT2D eigenvalue weighted by atomic mass is 16.7. The highest BCUT2D eigenvalue weighted by molar-refractivity contribution is 5.79. The Labute approximate surface area is 179 Å². The van der Waals surface area contributed by atoms with E-state index in [2.05, 4.69) is 29.7 Å². The van der Waals surface area contributed by atoms with Crippen molar-refractivity contribution in [2.45, 2.75) is 31.6 Å². The van der Waals surface area contributed by atoms with Crippen LogP contribution in [0.5, 0.6) is 11.5 Å². The van der Waals surface area contributed by atoms with E-state index in [9.17, 15) is 0 Å². The largest absolute Gasteiger partial charge is 0.454 e. The van der Waals surface area contributed by atoms with Crippen molar-refractivity contribution in [3.63, 3.8) is 0 Å². The zero-order valence-electron chi connectivity index (χ0n) is 18.2. The van der Waals surface area contributed by atoms with Crippen molar-refractivity contribution in [2.75, 3.05) is 66.6 Å². The number of fused-ring (bicyclic) bond motifs is 1. The summed E-state index contributed by atoms with van der Waals surface area (Å²) < 4.78 is 27.2. The van der Waals surface area contributed by atoms with Gasteiger partial charge in [0.05, 0.1) is 19.8 Å². The summed E-state index contributed by atoms with van der Waals surface area (Å²) in [7, 11) is 1.68. The van der Waals surface area contributed by atoms with Gasteiger partial charge in [-0.2, -0.15) is 0 Å². The van der Waals surface area contributed by atoms with Crippen LogP contribution in [0, 0.1) is 0 Å². The van der Waals surface area contributed by atoms with Gasteiger partial charge < -0.3 is 34.3 Å². The maximum Gasteiger partial charge on any atom is 0.231 e. The molecule has 0 atom stereocenters. The Hall–Kier alpha value is -2.03. The van der Waals surface area contributed by atoms with Crippen LogP contribution in [0.4, 0.5) is 0 Å². The molecule has 0 saturated carbocycles. The fourth-order valence-corrected chi connectivity index (χ4v) is 3.72. The number of ether oxygens (including phenoxy) is 5. The molecule has 2 aliphatic rings. The maximum atomic E-state index is 5.65. The van der Waals surface area contributed by atoms with Crippen LogP contribution < -0.4 is 20.1 Å². The number of hydrogen-bond acceptors (Lipinski definition) is 6. The van der Waals surface area contributed by atoms with Gasteiger partial charge in [0, 0.05) is 45.4 Å². The summed E-state index contributed by atoms with van der Waals surface area (Å²) in [6.07, 6.45) is 2.78. The Morgan fingerprint density at radius 3 is 2.73 bits per heavy atom. The van der Waals surface area contributed by atoms with Crippen molar-refractivity contribution in [3.8, 4) is 11.5 Å². The third-order valence-corrected chi connectivity index (χ3v) is 5.51. The lowest BCUT2D eigenvalue weighted by atomic mass is 9.74. The van der Waals surface area contributed by atoms with Crippen LogP contribution in [0.1, 0.15) is 31.7 Å². The number of nitrogens with one attached hydrogen (secondary N) is 2. The lowest BCUT2D eigenvalue weighted by molar-refractivity contribution is 0.0530. The number of benzene rings is 1. The van der Waals surface area contributed by atoms with Crippen LogP contribution in [0.3, 0.4) is 0 Å². The quantitative estimate of drug-likeness (QED) is 0.322. The first kappa shape index (κ1) is 22.7. The van der Waals surface area contributed by atoms with E-state index in [1.54, 1.807) is 7.11 Å². The first-order chi connectivity index (χ1) is 14.8. The lowest BCUT2D eigenvalue weighted by Crippen LogP contribution is -2.41. The number of nitrogens with zero attached hydrogens (tertiary/aromatic N) is 1. The predicted octanol–water partition coefficient (Wildman–Crippen LogP) is 2.07. The predicted molar refractivity (Wildman–Crippen MR) is 116 cm³/mol. The molecule has 0 aromatic heterocycles. The third kappa shape index (κ3) is 6.23. The second kappa shape index (κ2) is 12.0. The van der Waals surface area contributed by atoms with Crippen LogP contribution in [0.25, 0.3) is 0 Å². The highest BCUT2D eigenvalue weighted by Gasteiger charge is 2.35. The lowest BCUT2D eigenvalue weighted by Gasteiger charge is -2.36.